The van der Waals surface area contributed by atoms with Crippen LogP contribution in [0.2, 0.25) is 0 Å². The zero-order valence-corrected chi connectivity index (χ0v) is 13.2. The lowest BCUT2D eigenvalue weighted by atomic mass is 10.0. The Balaban J connectivity index is 3.29. The molecule has 0 amide bonds. The maximum absolute atomic E-state index is 12.7. The number of hydrogen-bond donors (Lipinski definition) is 6. The highest BCUT2D eigenvalue weighted by Gasteiger charge is 2.34. The fraction of sp³-hybridized carbons (Fsp3) is 0.385. The molecule has 6 N–H and O–H groups in total. The molecule has 0 radical (unpaired) electrons. The van der Waals surface area contributed by atoms with Gasteiger partial charge in [-0.25, -0.2) is 4.79 Å². The smallest absolute Gasteiger partial charge is 0.416 e. The summed E-state index contributed by atoms with van der Waals surface area (Å²) in [4.78, 5) is 21.0. The summed E-state index contributed by atoms with van der Waals surface area (Å²) in [7, 11) is 0. The number of nitrogens with zero attached hydrogens (tertiary/aromatic N) is 2. The van der Waals surface area contributed by atoms with Crippen LogP contribution in [0.15, 0.2) is 23.3 Å². The number of hydrazone groups is 1. The number of nitro benzene ring substituents is 1. The molecule has 150 valence electrons. The van der Waals surface area contributed by atoms with E-state index < -0.39 is 64.6 Å². The number of carbonyl (C=O) groups is 1. The molecule has 0 aliphatic carbocycles. The first-order valence-electron chi connectivity index (χ1n) is 6.97. The van der Waals surface area contributed by atoms with Crippen molar-refractivity contribution in [3.63, 3.8) is 0 Å². The van der Waals surface area contributed by atoms with E-state index in [9.17, 15) is 43.4 Å². The summed E-state index contributed by atoms with van der Waals surface area (Å²) in [5.41, 5.74) is -2.55. The number of carboxylic acids is 1. The Morgan fingerprint density at radius 3 is 2.33 bits per heavy atom. The van der Waals surface area contributed by atoms with E-state index in [0.29, 0.717) is 18.2 Å². The summed E-state index contributed by atoms with van der Waals surface area (Å²) in [6, 6.07) is 1.25. The summed E-state index contributed by atoms with van der Waals surface area (Å²) in [6.45, 7) is -1.04. The zero-order valence-electron chi connectivity index (χ0n) is 13.2. The van der Waals surface area contributed by atoms with Crippen molar-refractivity contribution in [1.29, 1.82) is 0 Å². The molecule has 1 rings (SSSR count). The number of aliphatic hydroxyl groups is 4. The SMILES string of the molecule is O=C(O)/C(=N/Nc1cc(C(F)(F)F)ccc1[N+](=O)[O-])[C@H](O)[C@@H](O)[C@H](O)CO. The molecule has 1 aromatic rings. The van der Waals surface area contributed by atoms with Gasteiger partial charge in [0, 0.05) is 6.07 Å². The average Bonchev–Trinajstić information content (AvgIpc) is 2.58. The van der Waals surface area contributed by atoms with Crippen LogP contribution in [0.3, 0.4) is 0 Å². The lowest BCUT2D eigenvalue weighted by Gasteiger charge is -2.21. The molecular weight excluding hydrogens is 383 g/mol. The van der Waals surface area contributed by atoms with Crippen LogP contribution >= 0.6 is 0 Å². The van der Waals surface area contributed by atoms with E-state index in [1.807, 2.05) is 0 Å². The van der Waals surface area contributed by atoms with Crippen molar-refractivity contribution < 1.29 is 48.4 Å². The third-order valence-electron chi connectivity index (χ3n) is 3.22. The number of carboxylic acid groups (broad SMARTS) is 1. The first kappa shape index (κ1) is 22.2. The van der Waals surface area contributed by atoms with Gasteiger partial charge in [-0.2, -0.15) is 18.3 Å². The number of nitro groups is 1. The summed E-state index contributed by atoms with van der Waals surface area (Å²) in [5.74, 6) is -1.95. The number of rotatable bonds is 8. The van der Waals surface area contributed by atoms with Crippen LogP contribution in [0.4, 0.5) is 24.5 Å². The van der Waals surface area contributed by atoms with Gasteiger partial charge in [-0.1, -0.05) is 0 Å². The largest absolute Gasteiger partial charge is 0.477 e. The fourth-order valence-electron chi connectivity index (χ4n) is 1.80. The van der Waals surface area contributed by atoms with E-state index in [4.69, 9.17) is 10.2 Å². The highest BCUT2D eigenvalue weighted by Crippen LogP contribution is 2.34. The Hall–Kier alpha value is -2.81. The van der Waals surface area contributed by atoms with Gasteiger partial charge in [0.1, 0.15) is 24.0 Å². The predicted molar refractivity (Wildman–Crippen MR) is 81.9 cm³/mol. The third-order valence-corrected chi connectivity index (χ3v) is 3.22. The Bertz CT molecular complexity index is 740. The molecule has 27 heavy (non-hydrogen) atoms. The Morgan fingerprint density at radius 2 is 1.89 bits per heavy atom. The van der Waals surface area contributed by atoms with Gasteiger partial charge >= 0.3 is 12.1 Å². The van der Waals surface area contributed by atoms with Crippen molar-refractivity contribution in [3.8, 4) is 0 Å². The first-order valence-corrected chi connectivity index (χ1v) is 6.97. The van der Waals surface area contributed by atoms with Crippen molar-refractivity contribution in [2.45, 2.75) is 24.5 Å². The van der Waals surface area contributed by atoms with Gasteiger partial charge in [-0.15, -0.1) is 0 Å². The van der Waals surface area contributed by atoms with Crippen LogP contribution in [0.1, 0.15) is 5.56 Å². The second kappa shape index (κ2) is 8.72. The molecule has 14 heteroatoms. The second-order valence-corrected chi connectivity index (χ2v) is 5.09. The molecule has 0 aromatic heterocycles. The summed E-state index contributed by atoms with van der Waals surface area (Å²) >= 11 is 0. The number of benzene rings is 1. The quantitative estimate of drug-likeness (QED) is 0.192. The molecule has 0 spiro atoms. The molecular formula is C13H14F3N3O8. The monoisotopic (exact) mass is 397 g/mol. The minimum absolute atomic E-state index is 0.298. The van der Waals surface area contributed by atoms with Gasteiger partial charge in [0.15, 0.2) is 5.71 Å². The summed E-state index contributed by atoms with van der Waals surface area (Å²) in [5, 5.41) is 60.1. The fourth-order valence-corrected chi connectivity index (χ4v) is 1.80. The number of alkyl halides is 3. The van der Waals surface area contributed by atoms with E-state index in [-0.39, 0.29) is 0 Å². The highest BCUT2D eigenvalue weighted by molar-refractivity contribution is 6.37. The third kappa shape index (κ3) is 5.58. The normalized spacial score (nSPS) is 15.7. The van der Waals surface area contributed by atoms with Gasteiger partial charge in [-0.3, -0.25) is 15.5 Å². The van der Waals surface area contributed by atoms with Crippen molar-refractivity contribution in [1.82, 2.24) is 0 Å². The predicted octanol–water partition coefficient (Wildman–Crippen LogP) is -0.459. The van der Waals surface area contributed by atoms with Crippen LogP contribution in [0.25, 0.3) is 0 Å². The molecule has 0 fully saturated rings. The lowest BCUT2D eigenvalue weighted by Crippen LogP contribution is -2.46. The lowest BCUT2D eigenvalue weighted by molar-refractivity contribution is -0.384. The first-order chi connectivity index (χ1) is 12.4. The second-order valence-electron chi connectivity index (χ2n) is 5.09. The van der Waals surface area contributed by atoms with Crippen molar-refractivity contribution in [2.24, 2.45) is 5.10 Å². The van der Waals surface area contributed by atoms with Crippen LogP contribution < -0.4 is 5.43 Å². The van der Waals surface area contributed by atoms with E-state index >= 15 is 0 Å². The number of hydrogen-bond acceptors (Lipinski definition) is 9. The molecule has 0 aliphatic rings. The van der Waals surface area contributed by atoms with E-state index in [2.05, 4.69) is 5.10 Å². The molecule has 0 bridgehead atoms. The van der Waals surface area contributed by atoms with Crippen LogP contribution in [0.5, 0.6) is 0 Å². The maximum Gasteiger partial charge on any atom is 0.416 e. The molecule has 0 aliphatic heterocycles. The number of nitrogens with one attached hydrogen (secondary N) is 1. The highest BCUT2D eigenvalue weighted by atomic mass is 19.4. The number of anilines is 1. The Kier molecular flexibility index (Phi) is 7.18. The van der Waals surface area contributed by atoms with Crippen molar-refractivity contribution in [2.75, 3.05) is 12.0 Å². The molecule has 1 aromatic carbocycles. The van der Waals surface area contributed by atoms with Gasteiger partial charge in [-0.05, 0) is 12.1 Å². The number of halogens is 3. The van der Waals surface area contributed by atoms with E-state index in [1.165, 1.54) is 0 Å². The van der Waals surface area contributed by atoms with Gasteiger partial charge in [0.25, 0.3) is 5.69 Å². The molecule has 3 atom stereocenters. The maximum atomic E-state index is 12.7. The van der Waals surface area contributed by atoms with Gasteiger partial charge in [0.2, 0.25) is 0 Å². The summed E-state index contributed by atoms with van der Waals surface area (Å²) in [6.07, 6.45) is -11.4. The van der Waals surface area contributed by atoms with Crippen LogP contribution in [-0.4, -0.2) is 67.1 Å². The van der Waals surface area contributed by atoms with Gasteiger partial charge < -0.3 is 25.5 Å². The molecule has 0 saturated heterocycles. The number of aliphatic carboxylic acids is 1. The molecule has 0 unspecified atom stereocenters. The Morgan fingerprint density at radius 1 is 1.30 bits per heavy atom. The van der Waals surface area contributed by atoms with Crippen LogP contribution in [0, 0.1) is 10.1 Å². The van der Waals surface area contributed by atoms with Crippen molar-refractivity contribution >= 4 is 23.1 Å². The molecule has 0 saturated carbocycles. The van der Waals surface area contributed by atoms with Gasteiger partial charge in [0.05, 0.1) is 17.1 Å². The van der Waals surface area contributed by atoms with E-state index in [0.717, 1.165) is 0 Å². The minimum atomic E-state index is -4.86. The number of aliphatic hydroxyl groups excluding tert-OH is 4. The molecule has 0 heterocycles. The topological polar surface area (TPSA) is 186 Å². The minimum Gasteiger partial charge on any atom is -0.477 e. The van der Waals surface area contributed by atoms with Crippen molar-refractivity contribution in [3.05, 3.63) is 33.9 Å². The van der Waals surface area contributed by atoms with E-state index in [1.54, 1.807) is 5.43 Å². The Labute approximate surface area is 148 Å². The molecule has 11 nitrogen and oxygen atoms in total. The average molecular weight is 397 g/mol. The van der Waals surface area contributed by atoms with Crippen LogP contribution in [-0.2, 0) is 11.0 Å². The summed E-state index contributed by atoms with van der Waals surface area (Å²) < 4.78 is 38.2. The zero-order chi connectivity index (χ0) is 20.9. The standard InChI is InChI=1S/C13H14F3N3O8/c14-13(15,16)5-1-2-7(19(26)27)6(3-5)17-18-9(12(24)25)11(23)10(22)8(21)4-20/h1-3,8,10-11,17,20-23H,4H2,(H,24,25)/b18-9+/t8-,10+,11+/m1/s1.